The highest BCUT2D eigenvalue weighted by molar-refractivity contribution is 6.30. The smallest absolute Gasteiger partial charge is 0.274 e. The van der Waals surface area contributed by atoms with Crippen molar-refractivity contribution in [3.63, 3.8) is 0 Å². The lowest BCUT2D eigenvalue weighted by Crippen LogP contribution is -2.45. The van der Waals surface area contributed by atoms with E-state index in [4.69, 9.17) is 11.6 Å². The molecule has 2 aromatic rings. The van der Waals surface area contributed by atoms with Crippen LogP contribution >= 0.6 is 11.6 Å². The van der Waals surface area contributed by atoms with E-state index in [0.717, 1.165) is 0 Å². The summed E-state index contributed by atoms with van der Waals surface area (Å²) < 4.78 is 14.9. The molecular formula is C21H19ClFN3O4. The average Bonchev–Trinajstić information content (AvgIpc) is 2.71. The molecule has 30 heavy (non-hydrogen) atoms. The molecule has 0 spiro atoms. The maximum Gasteiger partial charge on any atom is 0.274 e. The van der Waals surface area contributed by atoms with Gasteiger partial charge in [-0.15, -0.1) is 0 Å². The Morgan fingerprint density at radius 3 is 2.60 bits per heavy atom. The summed E-state index contributed by atoms with van der Waals surface area (Å²) >= 11 is 5.82. The van der Waals surface area contributed by atoms with Crippen LogP contribution in [0.15, 0.2) is 35.1 Å². The number of halogens is 2. The van der Waals surface area contributed by atoms with Gasteiger partial charge < -0.3 is 19.5 Å². The molecule has 0 unspecified atom stereocenters. The van der Waals surface area contributed by atoms with Crippen LogP contribution in [0.4, 0.5) is 4.39 Å². The largest absolute Gasteiger partial charge is 0.503 e. The monoisotopic (exact) mass is 431 g/mol. The normalized spacial score (nSPS) is 16.2. The van der Waals surface area contributed by atoms with Crippen LogP contribution in [0.3, 0.4) is 0 Å². The second kappa shape index (κ2) is 7.60. The number of allylic oxidation sites excluding steroid dienone is 1. The Morgan fingerprint density at radius 1 is 1.10 bits per heavy atom. The molecule has 2 aliphatic heterocycles. The number of fused-ring (bicyclic) bond motifs is 3. The van der Waals surface area contributed by atoms with Gasteiger partial charge in [0.15, 0.2) is 11.4 Å². The van der Waals surface area contributed by atoms with Crippen LogP contribution in [0.2, 0.25) is 5.02 Å². The quantitative estimate of drug-likeness (QED) is 0.739. The molecule has 2 aliphatic rings. The number of rotatable bonds is 2. The number of likely N-dealkylation sites (N-methyl/N-ethyl adjacent to an activating group) is 1. The van der Waals surface area contributed by atoms with Crippen molar-refractivity contribution in [2.45, 2.75) is 19.5 Å². The third kappa shape index (κ3) is 3.27. The van der Waals surface area contributed by atoms with Crippen LogP contribution in [0.25, 0.3) is 0 Å². The molecule has 7 nitrogen and oxygen atoms in total. The van der Waals surface area contributed by atoms with Crippen molar-refractivity contribution in [2.75, 3.05) is 20.1 Å². The van der Waals surface area contributed by atoms with E-state index in [2.05, 4.69) is 0 Å². The highest BCUT2D eigenvalue weighted by Gasteiger charge is 2.35. The maximum absolute atomic E-state index is 13.4. The molecule has 2 amide bonds. The number of pyridine rings is 1. The first-order chi connectivity index (χ1) is 14.3. The molecule has 156 valence electrons. The highest BCUT2D eigenvalue weighted by Crippen LogP contribution is 2.27. The zero-order valence-electron chi connectivity index (χ0n) is 16.2. The predicted octanol–water partition coefficient (Wildman–Crippen LogP) is 2.19. The Morgan fingerprint density at radius 2 is 1.87 bits per heavy atom. The molecule has 1 N–H and O–H groups in total. The third-order valence-electron chi connectivity index (χ3n) is 5.40. The summed E-state index contributed by atoms with van der Waals surface area (Å²) in [7, 11) is 1.61. The predicted molar refractivity (Wildman–Crippen MR) is 108 cm³/mol. The fraction of sp³-hybridized carbons (Fsp3) is 0.286. The van der Waals surface area contributed by atoms with Crippen molar-refractivity contribution < 1.29 is 19.1 Å². The lowest BCUT2D eigenvalue weighted by molar-refractivity contribution is 0.0674. The summed E-state index contributed by atoms with van der Waals surface area (Å²) in [6, 6.07) is 4.16. The van der Waals surface area contributed by atoms with Crippen molar-refractivity contribution in [3.05, 3.63) is 73.9 Å². The molecule has 0 bridgehead atoms. The lowest BCUT2D eigenvalue weighted by Gasteiger charge is -2.33. The van der Waals surface area contributed by atoms with Gasteiger partial charge in [0.1, 0.15) is 11.5 Å². The summed E-state index contributed by atoms with van der Waals surface area (Å²) in [6.07, 6.45) is 3.75. The molecule has 0 radical (unpaired) electrons. The Bertz CT molecular complexity index is 1160. The van der Waals surface area contributed by atoms with Gasteiger partial charge in [-0.1, -0.05) is 29.8 Å². The molecule has 1 aromatic carbocycles. The summed E-state index contributed by atoms with van der Waals surface area (Å²) in [4.78, 5) is 41.8. The minimum Gasteiger partial charge on any atom is -0.503 e. The van der Waals surface area contributed by atoms with Gasteiger partial charge in [-0.05, 0) is 24.1 Å². The van der Waals surface area contributed by atoms with Gasteiger partial charge in [-0.25, -0.2) is 4.39 Å². The SMILES string of the molecule is CN1CC=CCc2c(n3c(c(O)c2=O)C(=O)N(Cc2ccc(F)c(Cl)c2)CC3)C1=O. The fourth-order valence-corrected chi connectivity index (χ4v) is 4.02. The molecule has 0 saturated heterocycles. The van der Waals surface area contributed by atoms with E-state index < -0.39 is 22.9 Å². The summed E-state index contributed by atoms with van der Waals surface area (Å²) in [5.74, 6) is -2.17. The zero-order valence-corrected chi connectivity index (χ0v) is 16.9. The number of carbonyl (C=O) groups is 2. The van der Waals surface area contributed by atoms with Crippen LogP contribution in [0.5, 0.6) is 5.75 Å². The molecule has 9 heteroatoms. The summed E-state index contributed by atoms with van der Waals surface area (Å²) in [6.45, 7) is 0.992. The highest BCUT2D eigenvalue weighted by atomic mass is 35.5. The zero-order chi connectivity index (χ0) is 21.6. The van der Waals surface area contributed by atoms with Crippen molar-refractivity contribution in [1.82, 2.24) is 14.4 Å². The van der Waals surface area contributed by atoms with E-state index in [9.17, 15) is 23.9 Å². The van der Waals surface area contributed by atoms with Crippen molar-refractivity contribution in [1.29, 1.82) is 0 Å². The topological polar surface area (TPSA) is 82.8 Å². The Kier molecular flexibility index (Phi) is 5.11. The molecule has 0 saturated carbocycles. The summed E-state index contributed by atoms with van der Waals surface area (Å²) in [5, 5.41) is 10.5. The number of aromatic hydroxyl groups is 1. The van der Waals surface area contributed by atoms with Gasteiger partial charge >= 0.3 is 0 Å². The Hall–Kier alpha value is -3.13. The minimum absolute atomic E-state index is 0.0560. The number of hydrogen-bond acceptors (Lipinski definition) is 4. The first-order valence-electron chi connectivity index (χ1n) is 9.42. The average molecular weight is 432 g/mol. The second-order valence-corrected chi connectivity index (χ2v) is 7.75. The maximum atomic E-state index is 13.4. The molecule has 0 aliphatic carbocycles. The van der Waals surface area contributed by atoms with Gasteiger partial charge in [-0.2, -0.15) is 0 Å². The van der Waals surface area contributed by atoms with Crippen LogP contribution in [-0.2, 0) is 19.5 Å². The number of nitrogens with zero attached hydrogens (tertiary/aromatic N) is 3. The molecule has 1 aromatic heterocycles. The third-order valence-corrected chi connectivity index (χ3v) is 5.69. The Labute approximate surface area is 176 Å². The fourth-order valence-electron chi connectivity index (χ4n) is 3.81. The molecule has 0 atom stereocenters. The van der Waals surface area contributed by atoms with Gasteiger partial charge in [0, 0.05) is 38.8 Å². The molecule has 4 rings (SSSR count). The van der Waals surface area contributed by atoms with Gasteiger partial charge in [0.25, 0.3) is 11.8 Å². The Balaban J connectivity index is 1.79. The number of hydrogen-bond donors (Lipinski definition) is 1. The van der Waals surface area contributed by atoms with Crippen LogP contribution in [0.1, 0.15) is 32.1 Å². The van der Waals surface area contributed by atoms with Crippen LogP contribution < -0.4 is 5.43 Å². The minimum atomic E-state index is -0.718. The first-order valence-corrected chi connectivity index (χ1v) is 9.79. The second-order valence-electron chi connectivity index (χ2n) is 7.34. The van der Waals surface area contributed by atoms with E-state index in [1.165, 1.54) is 32.6 Å². The summed E-state index contributed by atoms with van der Waals surface area (Å²) in [5.41, 5.74) is -0.000544. The molecule has 3 heterocycles. The number of benzene rings is 1. The molecule has 0 fully saturated rings. The number of aromatic nitrogens is 1. The van der Waals surface area contributed by atoms with Crippen molar-refractivity contribution in [3.8, 4) is 5.75 Å². The first kappa shape index (κ1) is 20.2. The van der Waals surface area contributed by atoms with Crippen molar-refractivity contribution >= 4 is 23.4 Å². The van der Waals surface area contributed by atoms with Crippen molar-refractivity contribution in [2.24, 2.45) is 0 Å². The standard InChI is InChI=1S/C21H19ClFN3O4/c1-24-7-3-2-4-13-16(20(24)29)26-9-8-25(21(30)17(26)19(28)18(13)27)11-12-5-6-15(23)14(22)10-12/h2-3,5-6,10,28H,4,7-9,11H2,1H3. The van der Waals surface area contributed by atoms with E-state index in [0.29, 0.717) is 12.1 Å². The molecular weight excluding hydrogens is 413 g/mol. The van der Waals surface area contributed by atoms with E-state index in [1.54, 1.807) is 19.2 Å². The van der Waals surface area contributed by atoms with Crippen LogP contribution in [0, 0.1) is 5.82 Å². The van der Waals surface area contributed by atoms with E-state index in [-0.39, 0.29) is 53.9 Å². The number of carbonyl (C=O) groups excluding carboxylic acids is 2. The van der Waals surface area contributed by atoms with E-state index in [1.807, 2.05) is 0 Å². The van der Waals surface area contributed by atoms with Gasteiger partial charge in [0.2, 0.25) is 5.43 Å². The van der Waals surface area contributed by atoms with E-state index >= 15 is 0 Å². The number of amides is 2. The van der Waals surface area contributed by atoms with Gasteiger partial charge in [-0.3, -0.25) is 14.4 Å². The lowest BCUT2D eigenvalue weighted by atomic mass is 10.0. The van der Waals surface area contributed by atoms with Gasteiger partial charge in [0.05, 0.1) is 5.02 Å². The van der Waals surface area contributed by atoms with Crippen LogP contribution in [-0.4, -0.2) is 51.4 Å².